The summed E-state index contributed by atoms with van der Waals surface area (Å²) in [5, 5.41) is 7.90. The number of amides is 2. The van der Waals surface area contributed by atoms with Crippen molar-refractivity contribution in [2.75, 3.05) is 28.7 Å². The second kappa shape index (κ2) is 10.2. The van der Waals surface area contributed by atoms with Gasteiger partial charge in [0.15, 0.2) is 11.7 Å². The molecule has 0 bridgehead atoms. The maximum atomic E-state index is 12.2. The number of benzene rings is 2. The molecule has 2 N–H and O–H groups in total. The van der Waals surface area contributed by atoms with Crippen LogP contribution in [0, 0.1) is 0 Å². The van der Waals surface area contributed by atoms with E-state index in [1.807, 2.05) is 65.3 Å². The first-order valence-corrected chi connectivity index (χ1v) is 12.6. The summed E-state index contributed by atoms with van der Waals surface area (Å²) in [4.78, 5) is 27.8. The van der Waals surface area contributed by atoms with Crippen LogP contribution in [0.25, 0.3) is 11.3 Å². The Balaban J connectivity index is 1.28. The molecule has 0 radical (unpaired) electrons. The number of carbonyl (C=O) groups excluding carboxylic acids is 2. The zero-order chi connectivity index (χ0) is 21.6. The SMILES string of the molecule is CC(=O)Nc1ccc(-c2csc(NC(=O)COc3ccc(C4SCCS4)cc3)n2)cc1. The fourth-order valence-electron chi connectivity index (χ4n) is 2.97. The first kappa shape index (κ1) is 21.7. The topological polar surface area (TPSA) is 80.3 Å². The second-order valence-corrected chi connectivity index (χ2v) is 10.4. The van der Waals surface area contributed by atoms with E-state index in [2.05, 4.69) is 27.8 Å². The van der Waals surface area contributed by atoms with Crippen LogP contribution in [0.15, 0.2) is 53.9 Å². The first-order valence-electron chi connectivity index (χ1n) is 9.66. The summed E-state index contributed by atoms with van der Waals surface area (Å²) in [5.41, 5.74) is 3.67. The molecule has 3 aromatic rings. The maximum Gasteiger partial charge on any atom is 0.264 e. The highest BCUT2D eigenvalue weighted by Gasteiger charge is 2.18. The van der Waals surface area contributed by atoms with Gasteiger partial charge >= 0.3 is 0 Å². The minimum atomic E-state index is -0.257. The Kier molecular flexibility index (Phi) is 7.16. The number of rotatable bonds is 7. The predicted octanol–water partition coefficient (Wildman–Crippen LogP) is 5.26. The van der Waals surface area contributed by atoms with Crippen molar-refractivity contribution in [3.8, 4) is 17.0 Å². The van der Waals surface area contributed by atoms with Crippen molar-refractivity contribution in [3.63, 3.8) is 0 Å². The molecular weight excluding hydrogens is 450 g/mol. The summed E-state index contributed by atoms with van der Waals surface area (Å²) in [5.74, 6) is 2.68. The van der Waals surface area contributed by atoms with E-state index in [1.54, 1.807) is 0 Å². The third-order valence-electron chi connectivity index (χ3n) is 4.40. The van der Waals surface area contributed by atoms with Gasteiger partial charge in [0.25, 0.3) is 5.91 Å². The molecule has 2 aromatic carbocycles. The van der Waals surface area contributed by atoms with Crippen LogP contribution < -0.4 is 15.4 Å². The van der Waals surface area contributed by atoms with Crippen LogP contribution in [0.3, 0.4) is 0 Å². The molecule has 0 unspecified atom stereocenters. The van der Waals surface area contributed by atoms with Gasteiger partial charge in [-0.3, -0.25) is 14.9 Å². The van der Waals surface area contributed by atoms with Crippen molar-refractivity contribution in [2.24, 2.45) is 0 Å². The standard InChI is InChI=1S/C22H21N3O3S3/c1-14(26)23-17-6-2-15(3-7-17)19-13-31-22(24-19)25-20(27)12-28-18-8-4-16(5-9-18)21-29-10-11-30-21/h2-9,13,21H,10-12H2,1H3,(H,23,26)(H,24,25,27). The van der Waals surface area contributed by atoms with Gasteiger partial charge in [-0.15, -0.1) is 34.9 Å². The molecule has 31 heavy (non-hydrogen) atoms. The van der Waals surface area contributed by atoms with Gasteiger partial charge in [-0.05, 0) is 29.8 Å². The number of nitrogens with one attached hydrogen (secondary N) is 2. The van der Waals surface area contributed by atoms with Crippen molar-refractivity contribution in [1.82, 2.24) is 4.98 Å². The molecule has 6 nitrogen and oxygen atoms in total. The van der Waals surface area contributed by atoms with Crippen molar-refractivity contribution in [1.29, 1.82) is 0 Å². The number of thioether (sulfide) groups is 2. The Labute approximate surface area is 193 Å². The van der Waals surface area contributed by atoms with E-state index in [9.17, 15) is 9.59 Å². The highest BCUT2D eigenvalue weighted by atomic mass is 32.2. The van der Waals surface area contributed by atoms with Crippen LogP contribution in [0.1, 0.15) is 17.1 Å². The van der Waals surface area contributed by atoms with E-state index >= 15 is 0 Å². The van der Waals surface area contributed by atoms with Crippen LogP contribution >= 0.6 is 34.9 Å². The van der Waals surface area contributed by atoms with Crippen molar-refractivity contribution in [3.05, 3.63) is 59.5 Å². The summed E-state index contributed by atoms with van der Waals surface area (Å²) < 4.78 is 6.11. The van der Waals surface area contributed by atoms with Crippen molar-refractivity contribution < 1.29 is 14.3 Å². The van der Waals surface area contributed by atoms with Gasteiger partial charge in [-0.25, -0.2) is 4.98 Å². The average Bonchev–Trinajstić information content (AvgIpc) is 3.45. The van der Waals surface area contributed by atoms with Crippen LogP contribution in [0.5, 0.6) is 5.75 Å². The Hall–Kier alpha value is -2.49. The number of hydrogen-bond acceptors (Lipinski definition) is 7. The van der Waals surface area contributed by atoms with Crippen molar-refractivity contribution in [2.45, 2.75) is 11.5 Å². The highest BCUT2D eigenvalue weighted by molar-refractivity contribution is 8.19. The smallest absolute Gasteiger partial charge is 0.264 e. The molecule has 0 atom stereocenters. The lowest BCUT2D eigenvalue weighted by Crippen LogP contribution is -2.20. The number of nitrogens with zero attached hydrogens (tertiary/aromatic N) is 1. The van der Waals surface area contributed by atoms with Gasteiger partial charge in [0.1, 0.15) is 5.75 Å². The lowest BCUT2D eigenvalue weighted by molar-refractivity contribution is -0.118. The van der Waals surface area contributed by atoms with Crippen LogP contribution in [-0.2, 0) is 9.59 Å². The van der Waals surface area contributed by atoms with E-state index in [0.29, 0.717) is 15.5 Å². The molecule has 1 saturated heterocycles. The summed E-state index contributed by atoms with van der Waals surface area (Å²) in [7, 11) is 0. The number of ether oxygens (including phenoxy) is 1. The van der Waals surface area contributed by atoms with Crippen LogP contribution in [-0.4, -0.2) is 34.9 Å². The lowest BCUT2D eigenvalue weighted by Gasteiger charge is -2.10. The van der Waals surface area contributed by atoms with Gasteiger partial charge in [0.2, 0.25) is 5.91 Å². The van der Waals surface area contributed by atoms with E-state index in [1.165, 1.54) is 35.3 Å². The van der Waals surface area contributed by atoms with E-state index < -0.39 is 0 Å². The van der Waals surface area contributed by atoms with Gasteiger partial charge in [-0.2, -0.15) is 0 Å². The number of thiazole rings is 1. The number of carbonyl (C=O) groups is 2. The molecule has 1 aromatic heterocycles. The van der Waals surface area contributed by atoms with Gasteiger partial charge in [-0.1, -0.05) is 24.3 Å². The van der Waals surface area contributed by atoms with E-state index in [0.717, 1.165) is 16.9 Å². The lowest BCUT2D eigenvalue weighted by atomic mass is 10.1. The third kappa shape index (κ3) is 6.03. The zero-order valence-corrected chi connectivity index (χ0v) is 19.2. The molecule has 9 heteroatoms. The Morgan fingerprint density at radius 1 is 1.03 bits per heavy atom. The monoisotopic (exact) mass is 471 g/mol. The molecular formula is C22H21N3O3S3. The van der Waals surface area contributed by atoms with Crippen molar-refractivity contribution >= 4 is 57.5 Å². The van der Waals surface area contributed by atoms with E-state index in [4.69, 9.17) is 4.74 Å². The maximum absolute atomic E-state index is 12.2. The minimum absolute atomic E-state index is 0.0768. The Bertz CT molecular complexity index is 1050. The fraction of sp³-hybridized carbons (Fsp3) is 0.227. The molecule has 0 aliphatic carbocycles. The average molecular weight is 472 g/mol. The van der Waals surface area contributed by atoms with Crippen LogP contribution in [0.2, 0.25) is 0 Å². The molecule has 0 saturated carbocycles. The normalized spacial score (nSPS) is 13.7. The Morgan fingerprint density at radius 3 is 2.42 bits per heavy atom. The molecule has 2 heterocycles. The minimum Gasteiger partial charge on any atom is -0.484 e. The summed E-state index contributed by atoms with van der Waals surface area (Å²) in [6.45, 7) is 1.39. The number of aromatic nitrogens is 1. The zero-order valence-electron chi connectivity index (χ0n) is 16.8. The molecule has 4 rings (SSSR count). The summed E-state index contributed by atoms with van der Waals surface area (Å²) >= 11 is 5.27. The van der Waals surface area contributed by atoms with E-state index in [-0.39, 0.29) is 18.4 Å². The Morgan fingerprint density at radius 2 is 1.74 bits per heavy atom. The summed E-state index contributed by atoms with van der Waals surface area (Å²) in [6, 6.07) is 15.3. The van der Waals surface area contributed by atoms with Gasteiger partial charge in [0.05, 0.1) is 10.3 Å². The second-order valence-electron chi connectivity index (χ2n) is 6.78. The molecule has 2 amide bonds. The fourth-order valence-corrected chi connectivity index (χ4v) is 6.56. The highest BCUT2D eigenvalue weighted by Crippen LogP contribution is 2.45. The first-order chi connectivity index (χ1) is 15.1. The third-order valence-corrected chi connectivity index (χ3v) is 8.26. The van der Waals surface area contributed by atoms with Crippen LogP contribution in [0.4, 0.5) is 10.8 Å². The molecule has 1 aliphatic rings. The molecule has 160 valence electrons. The predicted molar refractivity (Wildman–Crippen MR) is 130 cm³/mol. The quantitative estimate of drug-likeness (QED) is 0.489. The molecule has 1 aliphatic heterocycles. The largest absolute Gasteiger partial charge is 0.484 e. The molecule has 1 fully saturated rings. The molecule has 0 spiro atoms. The number of anilines is 2. The summed E-state index contributed by atoms with van der Waals surface area (Å²) in [6.07, 6.45) is 0. The van der Waals surface area contributed by atoms with Gasteiger partial charge < -0.3 is 10.1 Å². The van der Waals surface area contributed by atoms with Gasteiger partial charge in [0, 0.05) is 35.1 Å². The number of hydrogen-bond donors (Lipinski definition) is 2.